The molecule has 0 spiro atoms. The maximum atomic E-state index is 14.4. The number of morpholine rings is 1. The van der Waals surface area contributed by atoms with Gasteiger partial charge in [0.15, 0.2) is 0 Å². The molecule has 4 rings (SSSR count). The Kier molecular flexibility index (Phi) is 6.17. The van der Waals surface area contributed by atoms with Crippen molar-refractivity contribution in [3.8, 4) is 0 Å². The highest BCUT2D eigenvalue weighted by Crippen LogP contribution is 2.29. The van der Waals surface area contributed by atoms with E-state index >= 15 is 0 Å². The molecule has 2 fully saturated rings. The minimum Gasteiger partial charge on any atom is -0.379 e. The number of benzene rings is 2. The van der Waals surface area contributed by atoms with Crippen LogP contribution in [0.15, 0.2) is 53.4 Å². The van der Waals surface area contributed by atoms with Crippen molar-refractivity contribution in [1.82, 2.24) is 9.21 Å². The smallest absolute Gasteiger partial charge is 0.253 e. The monoisotopic (exact) mass is 432 g/mol. The van der Waals surface area contributed by atoms with Crippen LogP contribution in [0.25, 0.3) is 0 Å². The molecule has 1 amide bonds. The summed E-state index contributed by atoms with van der Waals surface area (Å²) in [6.45, 7) is 2.06. The van der Waals surface area contributed by atoms with Crippen LogP contribution in [0.4, 0.5) is 4.39 Å². The van der Waals surface area contributed by atoms with Crippen molar-refractivity contribution in [2.75, 3.05) is 39.4 Å². The SMILES string of the molecule is O=C(c1ccc(F)c(S(=O)(=O)N2CCOCC2)c1)N1CCC(c2ccccc2)CC1. The zero-order valence-electron chi connectivity index (χ0n) is 16.7. The Bertz CT molecular complexity index is 999. The number of piperidine rings is 1. The highest BCUT2D eigenvalue weighted by atomic mass is 32.2. The van der Waals surface area contributed by atoms with E-state index in [2.05, 4.69) is 12.1 Å². The van der Waals surface area contributed by atoms with Gasteiger partial charge in [-0.3, -0.25) is 4.79 Å². The van der Waals surface area contributed by atoms with Crippen LogP contribution in [0.2, 0.25) is 0 Å². The lowest BCUT2D eigenvalue weighted by atomic mass is 9.89. The number of halogens is 1. The van der Waals surface area contributed by atoms with E-state index in [-0.39, 0.29) is 37.8 Å². The van der Waals surface area contributed by atoms with Crippen molar-refractivity contribution in [3.05, 3.63) is 65.5 Å². The molecule has 0 bridgehead atoms. The molecule has 0 saturated carbocycles. The fourth-order valence-electron chi connectivity index (χ4n) is 4.08. The van der Waals surface area contributed by atoms with Crippen molar-refractivity contribution in [1.29, 1.82) is 0 Å². The van der Waals surface area contributed by atoms with E-state index in [0.717, 1.165) is 18.9 Å². The Morgan fingerprint density at radius 2 is 1.63 bits per heavy atom. The van der Waals surface area contributed by atoms with Crippen LogP contribution in [0, 0.1) is 5.82 Å². The lowest BCUT2D eigenvalue weighted by Gasteiger charge is -2.32. The zero-order valence-corrected chi connectivity index (χ0v) is 17.5. The van der Waals surface area contributed by atoms with Gasteiger partial charge in [-0.15, -0.1) is 0 Å². The molecule has 0 unspecified atom stereocenters. The van der Waals surface area contributed by atoms with Gasteiger partial charge in [-0.1, -0.05) is 30.3 Å². The van der Waals surface area contributed by atoms with E-state index < -0.39 is 20.7 Å². The number of ether oxygens (including phenoxy) is 1. The largest absolute Gasteiger partial charge is 0.379 e. The van der Waals surface area contributed by atoms with Gasteiger partial charge in [-0.2, -0.15) is 4.31 Å². The van der Waals surface area contributed by atoms with Gasteiger partial charge in [0.05, 0.1) is 13.2 Å². The molecule has 0 atom stereocenters. The summed E-state index contributed by atoms with van der Waals surface area (Å²) >= 11 is 0. The summed E-state index contributed by atoms with van der Waals surface area (Å²) < 4.78 is 46.5. The van der Waals surface area contributed by atoms with E-state index in [0.29, 0.717) is 19.0 Å². The third-order valence-corrected chi connectivity index (χ3v) is 7.73. The van der Waals surface area contributed by atoms with Gasteiger partial charge in [0.2, 0.25) is 10.0 Å². The van der Waals surface area contributed by atoms with Crippen LogP contribution in [-0.4, -0.2) is 62.9 Å². The van der Waals surface area contributed by atoms with Gasteiger partial charge >= 0.3 is 0 Å². The number of hydrogen-bond acceptors (Lipinski definition) is 4. The van der Waals surface area contributed by atoms with Crippen molar-refractivity contribution in [3.63, 3.8) is 0 Å². The number of likely N-dealkylation sites (tertiary alicyclic amines) is 1. The Hall–Kier alpha value is -2.29. The molecule has 0 aromatic heterocycles. The maximum Gasteiger partial charge on any atom is 0.253 e. The molecule has 8 heteroatoms. The Balaban J connectivity index is 1.49. The molecular weight excluding hydrogens is 407 g/mol. The predicted octanol–water partition coefficient (Wildman–Crippen LogP) is 2.87. The molecule has 2 aliphatic heterocycles. The van der Waals surface area contributed by atoms with Gasteiger partial charge in [-0.25, -0.2) is 12.8 Å². The van der Waals surface area contributed by atoms with Crippen LogP contribution < -0.4 is 0 Å². The van der Waals surface area contributed by atoms with Crippen LogP contribution in [0.3, 0.4) is 0 Å². The lowest BCUT2D eigenvalue weighted by Crippen LogP contribution is -2.41. The highest BCUT2D eigenvalue weighted by Gasteiger charge is 2.31. The Morgan fingerprint density at radius 3 is 2.30 bits per heavy atom. The first-order valence-electron chi connectivity index (χ1n) is 10.2. The summed E-state index contributed by atoms with van der Waals surface area (Å²) in [6, 6.07) is 13.8. The standard InChI is InChI=1S/C22H25FN2O4S/c23-20-7-6-19(16-21(20)30(27,28)25-12-14-29-15-13-25)22(26)24-10-8-18(9-11-24)17-4-2-1-3-5-17/h1-7,16,18H,8-15H2. The summed E-state index contributed by atoms with van der Waals surface area (Å²) in [6.07, 6.45) is 1.69. The topological polar surface area (TPSA) is 66.9 Å². The molecule has 2 aliphatic rings. The normalized spacial score (nSPS) is 19.0. The average molecular weight is 433 g/mol. The molecule has 2 aromatic rings. The van der Waals surface area contributed by atoms with Gasteiger partial charge in [0.1, 0.15) is 10.7 Å². The first-order chi connectivity index (χ1) is 14.5. The first-order valence-corrected chi connectivity index (χ1v) is 11.6. The fourth-order valence-corrected chi connectivity index (χ4v) is 5.58. The molecule has 0 aliphatic carbocycles. The van der Waals surface area contributed by atoms with Gasteiger partial charge < -0.3 is 9.64 Å². The van der Waals surface area contributed by atoms with E-state index in [1.165, 1.54) is 22.0 Å². The summed E-state index contributed by atoms with van der Waals surface area (Å²) in [4.78, 5) is 14.3. The maximum absolute atomic E-state index is 14.4. The van der Waals surface area contributed by atoms with Gasteiger partial charge in [0.25, 0.3) is 5.91 Å². The summed E-state index contributed by atoms with van der Waals surface area (Å²) in [5, 5.41) is 0. The van der Waals surface area contributed by atoms with Crippen molar-refractivity contribution < 1.29 is 22.3 Å². The second-order valence-electron chi connectivity index (χ2n) is 7.64. The molecule has 0 radical (unpaired) electrons. The average Bonchev–Trinajstić information content (AvgIpc) is 2.80. The third kappa shape index (κ3) is 4.26. The van der Waals surface area contributed by atoms with E-state index in [4.69, 9.17) is 4.74 Å². The second-order valence-corrected chi connectivity index (χ2v) is 9.55. The number of nitrogens with zero attached hydrogens (tertiary/aromatic N) is 2. The van der Waals surface area contributed by atoms with Crippen molar-refractivity contribution in [2.24, 2.45) is 0 Å². The number of rotatable bonds is 4. The third-order valence-electron chi connectivity index (χ3n) is 5.82. The second kappa shape index (κ2) is 8.83. The van der Waals surface area contributed by atoms with E-state index in [9.17, 15) is 17.6 Å². The van der Waals surface area contributed by atoms with Crippen LogP contribution in [-0.2, 0) is 14.8 Å². The van der Waals surface area contributed by atoms with Crippen molar-refractivity contribution >= 4 is 15.9 Å². The number of carbonyl (C=O) groups excluding carboxylic acids is 1. The van der Waals surface area contributed by atoms with Crippen LogP contribution in [0.1, 0.15) is 34.7 Å². The van der Waals surface area contributed by atoms with Crippen LogP contribution in [0.5, 0.6) is 0 Å². The summed E-state index contributed by atoms with van der Waals surface area (Å²) in [5.41, 5.74) is 1.46. The molecule has 6 nitrogen and oxygen atoms in total. The van der Waals surface area contributed by atoms with E-state index in [1.54, 1.807) is 4.90 Å². The number of hydrogen-bond donors (Lipinski definition) is 0. The van der Waals surface area contributed by atoms with Crippen molar-refractivity contribution in [2.45, 2.75) is 23.7 Å². The Labute approximate surface area is 176 Å². The Morgan fingerprint density at radius 1 is 0.967 bits per heavy atom. The first kappa shape index (κ1) is 21.0. The fraction of sp³-hybridized carbons (Fsp3) is 0.409. The lowest BCUT2D eigenvalue weighted by molar-refractivity contribution is 0.0711. The number of carbonyl (C=O) groups is 1. The highest BCUT2D eigenvalue weighted by molar-refractivity contribution is 7.89. The molecular formula is C22H25FN2O4S. The van der Waals surface area contributed by atoms with Gasteiger partial charge in [0, 0.05) is 31.7 Å². The minimum atomic E-state index is -4.02. The zero-order chi connectivity index (χ0) is 21.1. The molecule has 2 aromatic carbocycles. The summed E-state index contributed by atoms with van der Waals surface area (Å²) in [7, 11) is -4.02. The molecule has 2 saturated heterocycles. The van der Waals surface area contributed by atoms with Crippen LogP contribution >= 0.6 is 0 Å². The van der Waals surface area contributed by atoms with Gasteiger partial charge in [-0.05, 0) is 42.5 Å². The minimum absolute atomic E-state index is 0.174. The number of amides is 1. The molecule has 0 N–H and O–H groups in total. The molecule has 160 valence electrons. The molecule has 2 heterocycles. The number of sulfonamides is 1. The van der Waals surface area contributed by atoms with E-state index in [1.807, 2.05) is 18.2 Å². The molecule has 30 heavy (non-hydrogen) atoms. The summed E-state index contributed by atoms with van der Waals surface area (Å²) in [5.74, 6) is -0.707. The quantitative estimate of drug-likeness (QED) is 0.745. The predicted molar refractivity (Wildman–Crippen MR) is 110 cm³/mol.